The Morgan fingerprint density at radius 2 is 2.13 bits per heavy atom. The fourth-order valence-corrected chi connectivity index (χ4v) is 3.12. The summed E-state index contributed by atoms with van der Waals surface area (Å²) in [6.07, 6.45) is 10.9. The van der Waals surface area contributed by atoms with E-state index in [1.54, 1.807) is 31.6 Å². The van der Waals surface area contributed by atoms with E-state index in [1.165, 1.54) is 10.9 Å². The number of aromatic nitrogens is 6. The van der Waals surface area contributed by atoms with E-state index < -0.39 is 5.97 Å². The molecular formula is C21H21N7O2. The standard InChI is InChI=1S/C21H21N7O2/c1-3-5-30-19(29)12-28-11-14(9-25-28)13-6-16-17(10-24-20(16)23-8-13)18-7-15(4-2)26-21(22)27-18/h3,5-11H,4,12H2,1-2H3,(H,23,24)(H2,22,26,27). The van der Waals surface area contributed by atoms with E-state index in [0.29, 0.717) is 0 Å². The highest BCUT2D eigenvalue weighted by molar-refractivity contribution is 5.95. The molecule has 0 fully saturated rings. The van der Waals surface area contributed by atoms with Crippen LogP contribution >= 0.6 is 0 Å². The largest absolute Gasteiger partial charge is 0.433 e. The number of ether oxygens (including phenoxy) is 1. The number of hydrogen-bond acceptors (Lipinski definition) is 7. The topological polar surface area (TPSA) is 125 Å². The van der Waals surface area contributed by atoms with Gasteiger partial charge in [0.05, 0.1) is 18.2 Å². The second-order valence-electron chi connectivity index (χ2n) is 6.66. The number of nitrogens with two attached hydrogens (primary N) is 1. The van der Waals surface area contributed by atoms with Crippen molar-refractivity contribution in [3.8, 4) is 22.4 Å². The van der Waals surface area contributed by atoms with Gasteiger partial charge in [0, 0.05) is 46.4 Å². The third-order valence-electron chi connectivity index (χ3n) is 4.56. The van der Waals surface area contributed by atoms with Crippen LogP contribution in [0.5, 0.6) is 0 Å². The SMILES string of the molecule is CC=COC(=O)Cn1cc(-c2cnc3[nH]cc(-c4cc(CC)nc(N)n4)c3c2)cn1. The normalized spacial score (nSPS) is 11.4. The molecule has 0 atom stereocenters. The lowest BCUT2D eigenvalue weighted by Gasteiger charge is -2.04. The molecule has 0 bridgehead atoms. The summed E-state index contributed by atoms with van der Waals surface area (Å²) in [6, 6.07) is 3.94. The predicted octanol–water partition coefficient (Wildman–Crippen LogP) is 3.10. The molecule has 0 radical (unpaired) electrons. The van der Waals surface area contributed by atoms with Crippen molar-refractivity contribution in [2.45, 2.75) is 26.8 Å². The van der Waals surface area contributed by atoms with Crippen molar-refractivity contribution in [3.63, 3.8) is 0 Å². The third kappa shape index (κ3) is 3.90. The Balaban J connectivity index is 1.67. The van der Waals surface area contributed by atoms with Gasteiger partial charge in [-0.3, -0.25) is 4.68 Å². The van der Waals surface area contributed by atoms with Crippen LogP contribution < -0.4 is 5.73 Å². The Hall–Kier alpha value is -4.01. The quantitative estimate of drug-likeness (QED) is 0.374. The van der Waals surface area contributed by atoms with Crippen LogP contribution in [0, 0.1) is 0 Å². The lowest BCUT2D eigenvalue weighted by Crippen LogP contribution is -2.11. The van der Waals surface area contributed by atoms with E-state index in [4.69, 9.17) is 10.5 Å². The Morgan fingerprint density at radius 3 is 2.93 bits per heavy atom. The van der Waals surface area contributed by atoms with Crippen LogP contribution in [0.2, 0.25) is 0 Å². The number of nitrogen functional groups attached to an aromatic ring is 1. The number of esters is 1. The zero-order valence-electron chi connectivity index (χ0n) is 16.7. The van der Waals surface area contributed by atoms with E-state index in [1.807, 2.05) is 25.3 Å². The Bertz CT molecular complexity index is 1240. The molecule has 9 nitrogen and oxygen atoms in total. The first-order valence-electron chi connectivity index (χ1n) is 9.51. The molecule has 30 heavy (non-hydrogen) atoms. The number of nitrogens with one attached hydrogen (secondary N) is 1. The molecule has 0 aliphatic heterocycles. The molecule has 0 aliphatic carbocycles. The maximum Gasteiger partial charge on any atom is 0.332 e. The van der Waals surface area contributed by atoms with Crippen LogP contribution in [0.25, 0.3) is 33.4 Å². The van der Waals surface area contributed by atoms with Crippen molar-refractivity contribution in [1.82, 2.24) is 29.7 Å². The van der Waals surface area contributed by atoms with E-state index in [0.717, 1.165) is 45.5 Å². The summed E-state index contributed by atoms with van der Waals surface area (Å²) in [6.45, 7) is 3.82. The maximum absolute atomic E-state index is 11.8. The fourth-order valence-electron chi connectivity index (χ4n) is 3.12. The minimum Gasteiger partial charge on any atom is -0.433 e. The van der Waals surface area contributed by atoms with E-state index in [9.17, 15) is 4.79 Å². The second kappa shape index (κ2) is 8.16. The average molecular weight is 403 g/mol. The van der Waals surface area contributed by atoms with Gasteiger partial charge in [0.2, 0.25) is 5.95 Å². The van der Waals surface area contributed by atoms with Gasteiger partial charge in [0.15, 0.2) is 0 Å². The minimum atomic E-state index is -0.391. The van der Waals surface area contributed by atoms with Crippen LogP contribution in [0.1, 0.15) is 19.5 Å². The monoisotopic (exact) mass is 403 g/mol. The highest BCUT2D eigenvalue weighted by atomic mass is 16.5. The zero-order chi connectivity index (χ0) is 21.1. The first-order valence-corrected chi connectivity index (χ1v) is 9.51. The lowest BCUT2D eigenvalue weighted by molar-refractivity contribution is -0.138. The Morgan fingerprint density at radius 1 is 1.27 bits per heavy atom. The van der Waals surface area contributed by atoms with Gasteiger partial charge in [-0.15, -0.1) is 0 Å². The Kier molecular flexibility index (Phi) is 5.25. The molecule has 0 unspecified atom stereocenters. The molecule has 152 valence electrons. The van der Waals surface area contributed by atoms with E-state index in [2.05, 4.69) is 25.0 Å². The molecule has 4 aromatic rings. The van der Waals surface area contributed by atoms with Crippen molar-refractivity contribution in [2.24, 2.45) is 0 Å². The zero-order valence-corrected chi connectivity index (χ0v) is 16.7. The van der Waals surface area contributed by atoms with Crippen molar-refractivity contribution in [1.29, 1.82) is 0 Å². The number of anilines is 1. The van der Waals surface area contributed by atoms with E-state index in [-0.39, 0.29) is 12.5 Å². The molecule has 4 heterocycles. The lowest BCUT2D eigenvalue weighted by atomic mass is 10.1. The van der Waals surface area contributed by atoms with Crippen LogP contribution in [0.15, 0.2) is 49.3 Å². The second-order valence-corrected chi connectivity index (χ2v) is 6.66. The highest BCUT2D eigenvalue weighted by Gasteiger charge is 2.13. The molecule has 0 aliphatic rings. The number of carbonyl (C=O) groups is 1. The number of hydrogen-bond donors (Lipinski definition) is 2. The molecule has 4 rings (SSSR count). The minimum absolute atomic E-state index is 0.0232. The van der Waals surface area contributed by atoms with Gasteiger partial charge in [-0.2, -0.15) is 5.10 Å². The van der Waals surface area contributed by atoms with Crippen molar-refractivity contribution in [2.75, 3.05) is 5.73 Å². The number of carbonyl (C=O) groups excluding carboxylic acids is 1. The van der Waals surface area contributed by atoms with Gasteiger partial charge < -0.3 is 15.5 Å². The molecular weight excluding hydrogens is 382 g/mol. The summed E-state index contributed by atoms with van der Waals surface area (Å²) < 4.78 is 6.46. The number of allylic oxidation sites excluding steroid dienone is 1. The smallest absolute Gasteiger partial charge is 0.332 e. The summed E-state index contributed by atoms with van der Waals surface area (Å²) in [5, 5.41) is 5.15. The first-order chi connectivity index (χ1) is 14.6. The van der Waals surface area contributed by atoms with E-state index >= 15 is 0 Å². The van der Waals surface area contributed by atoms with Crippen molar-refractivity contribution in [3.05, 3.63) is 55.0 Å². The molecule has 0 saturated heterocycles. The number of H-pyrrole nitrogens is 1. The van der Waals surface area contributed by atoms with Gasteiger partial charge in [0.1, 0.15) is 12.2 Å². The van der Waals surface area contributed by atoms with Gasteiger partial charge in [0.25, 0.3) is 0 Å². The number of rotatable bonds is 6. The first kappa shape index (κ1) is 19.3. The average Bonchev–Trinajstić information content (AvgIpc) is 3.38. The summed E-state index contributed by atoms with van der Waals surface area (Å²) >= 11 is 0. The third-order valence-corrected chi connectivity index (χ3v) is 4.56. The predicted molar refractivity (Wildman–Crippen MR) is 113 cm³/mol. The van der Waals surface area contributed by atoms with Crippen LogP contribution in [0.4, 0.5) is 5.95 Å². The molecule has 0 spiro atoms. The maximum atomic E-state index is 11.8. The number of pyridine rings is 1. The Labute approximate surface area is 172 Å². The molecule has 9 heteroatoms. The van der Waals surface area contributed by atoms with Crippen LogP contribution in [0.3, 0.4) is 0 Å². The number of nitrogens with zero attached hydrogens (tertiary/aromatic N) is 5. The molecule has 3 N–H and O–H groups in total. The van der Waals surface area contributed by atoms with Crippen molar-refractivity contribution < 1.29 is 9.53 Å². The van der Waals surface area contributed by atoms with Crippen LogP contribution in [-0.4, -0.2) is 35.7 Å². The fraction of sp³-hybridized carbons (Fsp3) is 0.190. The van der Waals surface area contributed by atoms with Gasteiger partial charge in [-0.05, 0) is 25.5 Å². The number of aromatic amines is 1. The van der Waals surface area contributed by atoms with Gasteiger partial charge >= 0.3 is 5.97 Å². The molecule has 4 aromatic heterocycles. The highest BCUT2D eigenvalue weighted by Crippen LogP contribution is 2.30. The summed E-state index contributed by atoms with van der Waals surface area (Å²) in [7, 11) is 0. The molecule has 0 saturated carbocycles. The van der Waals surface area contributed by atoms with Gasteiger partial charge in [-0.25, -0.2) is 19.7 Å². The van der Waals surface area contributed by atoms with Gasteiger partial charge in [-0.1, -0.05) is 13.0 Å². The molecule has 0 aromatic carbocycles. The molecule has 0 amide bonds. The number of fused-ring (bicyclic) bond motifs is 1. The summed E-state index contributed by atoms with van der Waals surface area (Å²) in [5.41, 5.74) is 10.8. The summed E-state index contributed by atoms with van der Waals surface area (Å²) in [5.74, 6) is -0.147. The number of aryl methyl sites for hydroxylation is 1. The van der Waals surface area contributed by atoms with Crippen molar-refractivity contribution >= 4 is 23.0 Å². The summed E-state index contributed by atoms with van der Waals surface area (Å²) in [4.78, 5) is 28.1. The van der Waals surface area contributed by atoms with Crippen LogP contribution in [-0.2, 0) is 22.5 Å².